The Kier molecular flexibility index (Phi) is 5.75. The summed E-state index contributed by atoms with van der Waals surface area (Å²) in [7, 11) is 0. The minimum Gasteiger partial charge on any atom is -0.444 e. The minimum absolute atomic E-state index is 0.165. The zero-order valence-corrected chi connectivity index (χ0v) is 19.4. The van der Waals surface area contributed by atoms with E-state index in [1.807, 2.05) is 57.2 Å². The second-order valence-electron chi connectivity index (χ2n) is 8.55. The predicted molar refractivity (Wildman–Crippen MR) is 126 cm³/mol. The molecular weight excluding hydrogens is 460 g/mol. The number of carbonyl (C=O) groups excluding carboxylic acids is 1. The van der Waals surface area contributed by atoms with Gasteiger partial charge in [0, 0.05) is 41.9 Å². The number of aromatic nitrogens is 2. The maximum absolute atomic E-state index is 12.6. The van der Waals surface area contributed by atoms with Crippen LogP contribution < -0.4 is 10.5 Å². The number of fused-ring (bicyclic) bond motifs is 1. The summed E-state index contributed by atoms with van der Waals surface area (Å²) in [6.07, 6.45) is -0.288. The Hall–Kier alpha value is -2.87. The van der Waals surface area contributed by atoms with E-state index in [0.717, 1.165) is 15.7 Å². The van der Waals surface area contributed by atoms with Gasteiger partial charge >= 0.3 is 6.09 Å². The number of hydrogen-bond acceptors (Lipinski definition) is 5. The normalized spacial score (nSPS) is 14.7. The van der Waals surface area contributed by atoms with Crippen molar-refractivity contribution in [1.29, 1.82) is 0 Å². The van der Waals surface area contributed by atoms with Gasteiger partial charge in [-0.05, 0) is 51.1 Å². The van der Waals surface area contributed by atoms with Crippen molar-refractivity contribution >= 4 is 38.6 Å². The number of halogens is 1. The Morgan fingerprint density at radius 3 is 2.52 bits per heavy atom. The predicted octanol–water partition coefficient (Wildman–Crippen LogP) is 4.41. The Bertz CT molecular complexity index is 1180. The summed E-state index contributed by atoms with van der Waals surface area (Å²) in [5.74, 6) is 0.523. The number of carbonyl (C=O) groups is 1. The third-order valence-electron chi connectivity index (χ3n) is 5.10. The van der Waals surface area contributed by atoms with E-state index >= 15 is 0 Å². The van der Waals surface area contributed by atoms with Gasteiger partial charge in [-0.15, -0.1) is 0 Å². The maximum atomic E-state index is 12.6. The van der Waals surface area contributed by atoms with Gasteiger partial charge in [-0.3, -0.25) is 4.79 Å². The fourth-order valence-corrected chi connectivity index (χ4v) is 4.01. The van der Waals surface area contributed by atoms with Crippen LogP contribution in [0.2, 0.25) is 0 Å². The maximum Gasteiger partial charge on any atom is 0.410 e. The van der Waals surface area contributed by atoms with Crippen LogP contribution in [0.3, 0.4) is 0 Å². The molecule has 3 aromatic rings. The van der Waals surface area contributed by atoms with E-state index < -0.39 is 5.60 Å². The summed E-state index contributed by atoms with van der Waals surface area (Å²) < 4.78 is 6.39. The van der Waals surface area contributed by atoms with Crippen molar-refractivity contribution in [2.24, 2.45) is 0 Å². The summed E-state index contributed by atoms with van der Waals surface area (Å²) in [6.45, 7) is 8.04. The number of benzene rings is 2. The molecule has 0 unspecified atom stereocenters. The molecule has 4 rings (SSSR count). The zero-order chi connectivity index (χ0) is 22.2. The smallest absolute Gasteiger partial charge is 0.410 e. The second-order valence-corrected chi connectivity index (χ2v) is 9.46. The van der Waals surface area contributed by atoms with Crippen LogP contribution in [0.4, 0.5) is 10.5 Å². The largest absolute Gasteiger partial charge is 0.444 e. The van der Waals surface area contributed by atoms with Gasteiger partial charge < -0.3 is 19.5 Å². The Morgan fingerprint density at radius 2 is 1.81 bits per heavy atom. The number of nitrogens with one attached hydrogen (secondary N) is 1. The number of ether oxygens (including phenoxy) is 1. The minimum atomic E-state index is -0.513. The van der Waals surface area contributed by atoms with Crippen LogP contribution in [0, 0.1) is 0 Å². The van der Waals surface area contributed by atoms with Gasteiger partial charge in [0.05, 0.1) is 10.9 Å². The van der Waals surface area contributed by atoms with Crippen molar-refractivity contribution in [3.05, 3.63) is 57.3 Å². The first-order valence-corrected chi connectivity index (χ1v) is 11.0. The highest BCUT2D eigenvalue weighted by Crippen LogP contribution is 2.32. The van der Waals surface area contributed by atoms with E-state index in [9.17, 15) is 9.59 Å². The fraction of sp³-hybridized carbons (Fsp3) is 0.348. The molecule has 1 N–H and O–H groups in total. The molecule has 1 aliphatic heterocycles. The summed E-state index contributed by atoms with van der Waals surface area (Å²) >= 11 is 3.53. The number of H-pyrrole nitrogens is 1. The second kappa shape index (κ2) is 8.34. The molecular formula is C23H25BrN4O3. The number of amides is 1. The molecule has 2 aromatic carbocycles. The molecule has 7 nitrogen and oxygen atoms in total. The Labute approximate surface area is 189 Å². The fourth-order valence-electron chi connectivity index (χ4n) is 3.64. The van der Waals surface area contributed by atoms with Crippen LogP contribution in [-0.2, 0) is 4.74 Å². The molecule has 31 heavy (non-hydrogen) atoms. The van der Waals surface area contributed by atoms with Gasteiger partial charge in [0.1, 0.15) is 11.4 Å². The van der Waals surface area contributed by atoms with Crippen LogP contribution in [0.1, 0.15) is 20.8 Å². The van der Waals surface area contributed by atoms with Crippen LogP contribution >= 0.6 is 15.9 Å². The summed E-state index contributed by atoms with van der Waals surface area (Å²) in [5.41, 5.74) is 1.78. The van der Waals surface area contributed by atoms with Gasteiger partial charge in [0.2, 0.25) is 0 Å². The van der Waals surface area contributed by atoms with E-state index in [-0.39, 0.29) is 11.7 Å². The number of hydrogen-bond donors (Lipinski definition) is 1. The van der Waals surface area contributed by atoms with Crippen LogP contribution in [-0.4, -0.2) is 52.7 Å². The number of nitrogens with zero attached hydrogens (tertiary/aromatic N) is 3. The first-order valence-electron chi connectivity index (χ1n) is 10.2. The van der Waals surface area contributed by atoms with Gasteiger partial charge in [-0.25, -0.2) is 9.78 Å². The van der Waals surface area contributed by atoms with E-state index in [1.54, 1.807) is 11.0 Å². The summed E-state index contributed by atoms with van der Waals surface area (Å²) in [5, 5.41) is 0.564. The highest BCUT2D eigenvalue weighted by atomic mass is 79.9. The number of rotatable bonds is 2. The Balaban J connectivity index is 1.62. The third kappa shape index (κ3) is 4.74. The highest BCUT2D eigenvalue weighted by molar-refractivity contribution is 9.10. The topological polar surface area (TPSA) is 78.5 Å². The Morgan fingerprint density at radius 1 is 1.10 bits per heavy atom. The van der Waals surface area contributed by atoms with Gasteiger partial charge in [0.15, 0.2) is 0 Å². The van der Waals surface area contributed by atoms with Gasteiger partial charge in [-0.2, -0.15) is 0 Å². The molecule has 2 heterocycles. The van der Waals surface area contributed by atoms with E-state index in [1.165, 1.54) is 0 Å². The monoisotopic (exact) mass is 484 g/mol. The van der Waals surface area contributed by atoms with Gasteiger partial charge in [-0.1, -0.05) is 28.1 Å². The van der Waals surface area contributed by atoms with Crippen molar-refractivity contribution in [1.82, 2.24) is 14.9 Å². The molecule has 8 heteroatoms. The van der Waals surface area contributed by atoms with Crippen molar-refractivity contribution in [2.45, 2.75) is 26.4 Å². The number of aromatic amines is 1. The molecule has 0 saturated carbocycles. The highest BCUT2D eigenvalue weighted by Gasteiger charge is 2.27. The lowest BCUT2D eigenvalue weighted by Crippen LogP contribution is -2.50. The molecule has 0 aliphatic carbocycles. The van der Waals surface area contributed by atoms with Crippen LogP contribution in [0.25, 0.3) is 22.3 Å². The standard InChI is InChI=1S/C23H25BrN4O3/c1-23(2,3)31-22(30)28-12-10-27(11-13-28)19-9-8-15(24)14-17(19)20-25-18-7-5-4-6-16(18)21(29)26-20/h4-9,14H,10-13H2,1-3H3,(H,25,26,29). The first kappa shape index (κ1) is 21.4. The van der Waals surface area contributed by atoms with Crippen molar-refractivity contribution in [2.75, 3.05) is 31.1 Å². The molecule has 1 aromatic heterocycles. The summed E-state index contributed by atoms with van der Waals surface area (Å²) in [6, 6.07) is 13.2. The molecule has 0 atom stereocenters. The van der Waals surface area contributed by atoms with Crippen molar-refractivity contribution < 1.29 is 9.53 Å². The van der Waals surface area contributed by atoms with Crippen LogP contribution in [0.5, 0.6) is 0 Å². The van der Waals surface area contributed by atoms with E-state index in [4.69, 9.17) is 9.72 Å². The molecule has 1 aliphatic rings. The SMILES string of the molecule is CC(C)(C)OC(=O)N1CCN(c2ccc(Br)cc2-c2nc3ccccc3c(=O)[nH]2)CC1. The van der Waals surface area contributed by atoms with Crippen LogP contribution in [0.15, 0.2) is 51.7 Å². The van der Waals surface area contributed by atoms with Crippen molar-refractivity contribution in [3.63, 3.8) is 0 Å². The molecule has 0 radical (unpaired) electrons. The van der Waals surface area contributed by atoms with Crippen molar-refractivity contribution in [3.8, 4) is 11.4 Å². The van der Waals surface area contributed by atoms with E-state index in [0.29, 0.717) is 42.9 Å². The lowest BCUT2D eigenvalue weighted by Gasteiger charge is -2.37. The average Bonchev–Trinajstić information content (AvgIpc) is 2.72. The number of anilines is 1. The number of para-hydroxylation sites is 1. The molecule has 1 saturated heterocycles. The molecule has 0 bridgehead atoms. The van der Waals surface area contributed by atoms with Gasteiger partial charge in [0.25, 0.3) is 5.56 Å². The molecule has 1 fully saturated rings. The zero-order valence-electron chi connectivity index (χ0n) is 17.8. The third-order valence-corrected chi connectivity index (χ3v) is 5.59. The van der Waals surface area contributed by atoms with E-state index in [2.05, 4.69) is 25.8 Å². The molecule has 0 spiro atoms. The molecule has 1 amide bonds. The lowest BCUT2D eigenvalue weighted by atomic mass is 10.1. The lowest BCUT2D eigenvalue weighted by molar-refractivity contribution is 0.0240. The summed E-state index contributed by atoms with van der Waals surface area (Å²) in [4.78, 5) is 36.5. The first-order chi connectivity index (χ1) is 14.7. The quantitative estimate of drug-likeness (QED) is 0.582. The molecule has 162 valence electrons. The average molecular weight is 485 g/mol. The number of piperazine rings is 1.